The molecule has 0 aliphatic carbocycles. The molecule has 0 unspecified atom stereocenters. The van der Waals surface area contributed by atoms with Gasteiger partial charge in [0.1, 0.15) is 0 Å². The second-order valence-corrected chi connectivity index (χ2v) is 7.80. The number of aliphatic hydroxyl groups is 1. The number of carbonyl (C=O) groups excluding carboxylic acids is 1. The van der Waals surface area contributed by atoms with E-state index in [4.69, 9.17) is 5.11 Å². The lowest BCUT2D eigenvalue weighted by Crippen LogP contribution is -2.35. The maximum absolute atomic E-state index is 12.4. The molecule has 2 aromatic rings. The van der Waals surface area contributed by atoms with Crippen LogP contribution in [0.1, 0.15) is 17.3 Å². The Labute approximate surface area is 149 Å². The van der Waals surface area contributed by atoms with Gasteiger partial charge in [0.25, 0.3) is 15.9 Å². The van der Waals surface area contributed by atoms with E-state index in [9.17, 15) is 13.2 Å². The standard InChI is InChI=1S/C16H17BrN2O4S/c1-11(10-20)18-16(21)12-3-2-4-14(9-12)19-24(22,23)15-7-5-13(17)6-8-15/h2-9,11,19-20H,10H2,1H3,(H,18,21)/t11-/m0/s1. The van der Waals surface area contributed by atoms with Gasteiger partial charge in [0.15, 0.2) is 0 Å². The molecule has 0 aliphatic heterocycles. The molecular weight excluding hydrogens is 396 g/mol. The summed E-state index contributed by atoms with van der Waals surface area (Å²) >= 11 is 3.25. The van der Waals surface area contributed by atoms with Gasteiger partial charge in [-0.2, -0.15) is 0 Å². The molecular formula is C16H17BrN2O4S. The van der Waals surface area contributed by atoms with Gasteiger partial charge >= 0.3 is 0 Å². The number of sulfonamides is 1. The van der Waals surface area contributed by atoms with E-state index in [1.807, 2.05) is 0 Å². The number of carbonyl (C=O) groups is 1. The smallest absolute Gasteiger partial charge is 0.261 e. The summed E-state index contributed by atoms with van der Waals surface area (Å²) in [6, 6.07) is 12.0. The molecule has 2 aromatic carbocycles. The van der Waals surface area contributed by atoms with Crippen molar-refractivity contribution in [2.45, 2.75) is 17.9 Å². The van der Waals surface area contributed by atoms with Crippen LogP contribution in [0, 0.1) is 0 Å². The van der Waals surface area contributed by atoms with E-state index in [1.54, 1.807) is 37.3 Å². The predicted molar refractivity (Wildman–Crippen MR) is 95.4 cm³/mol. The molecule has 3 N–H and O–H groups in total. The Balaban J connectivity index is 2.19. The third kappa shape index (κ3) is 4.80. The van der Waals surface area contributed by atoms with Crippen molar-refractivity contribution in [3.8, 4) is 0 Å². The zero-order valence-electron chi connectivity index (χ0n) is 12.9. The van der Waals surface area contributed by atoms with Crippen molar-refractivity contribution in [3.05, 3.63) is 58.6 Å². The number of halogens is 1. The topological polar surface area (TPSA) is 95.5 Å². The molecule has 0 fully saturated rings. The van der Waals surface area contributed by atoms with Crippen LogP contribution in [-0.4, -0.2) is 32.1 Å². The first-order valence-corrected chi connectivity index (χ1v) is 9.39. The van der Waals surface area contributed by atoms with Crippen molar-refractivity contribution in [1.29, 1.82) is 0 Å². The number of hydrogen-bond donors (Lipinski definition) is 3. The van der Waals surface area contributed by atoms with E-state index < -0.39 is 10.0 Å². The van der Waals surface area contributed by atoms with Crippen LogP contribution in [0.3, 0.4) is 0 Å². The number of amides is 1. The Kier molecular flexibility index (Phi) is 5.98. The summed E-state index contributed by atoms with van der Waals surface area (Å²) in [7, 11) is -3.74. The maximum atomic E-state index is 12.4. The molecule has 8 heteroatoms. The quantitative estimate of drug-likeness (QED) is 0.678. The van der Waals surface area contributed by atoms with Crippen LogP contribution in [0.25, 0.3) is 0 Å². The Bertz CT molecular complexity index is 822. The molecule has 2 rings (SSSR count). The molecule has 0 saturated carbocycles. The Morgan fingerprint density at radius 1 is 1.21 bits per heavy atom. The summed E-state index contributed by atoms with van der Waals surface area (Å²) in [5, 5.41) is 11.6. The van der Waals surface area contributed by atoms with E-state index in [0.717, 1.165) is 4.47 Å². The minimum absolute atomic E-state index is 0.120. The largest absolute Gasteiger partial charge is 0.394 e. The number of aliphatic hydroxyl groups excluding tert-OH is 1. The van der Waals surface area contributed by atoms with Crippen LogP contribution < -0.4 is 10.0 Å². The first kappa shape index (κ1) is 18.4. The third-order valence-corrected chi connectivity index (χ3v) is 5.08. The molecule has 0 aliphatic rings. The average molecular weight is 413 g/mol. The van der Waals surface area contributed by atoms with E-state index in [0.29, 0.717) is 5.56 Å². The predicted octanol–water partition coefficient (Wildman–Crippen LogP) is 2.36. The molecule has 0 spiro atoms. The third-order valence-electron chi connectivity index (χ3n) is 3.15. The molecule has 24 heavy (non-hydrogen) atoms. The van der Waals surface area contributed by atoms with E-state index in [-0.39, 0.29) is 29.1 Å². The second-order valence-electron chi connectivity index (χ2n) is 5.20. The van der Waals surface area contributed by atoms with Gasteiger partial charge in [0.05, 0.1) is 11.5 Å². The van der Waals surface area contributed by atoms with Gasteiger partial charge in [0, 0.05) is 21.8 Å². The number of rotatable bonds is 6. The van der Waals surface area contributed by atoms with E-state index in [1.165, 1.54) is 18.2 Å². The van der Waals surface area contributed by atoms with Gasteiger partial charge in [0.2, 0.25) is 0 Å². The van der Waals surface area contributed by atoms with Crippen LogP contribution >= 0.6 is 15.9 Å². The molecule has 1 atom stereocenters. The van der Waals surface area contributed by atoms with Gasteiger partial charge in [-0.05, 0) is 49.4 Å². The molecule has 0 aromatic heterocycles. The molecule has 0 bridgehead atoms. The van der Waals surface area contributed by atoms with Crippen molar-refractivity contribution in [3.63, 3.8) is 0 Å². The van der Waals surface area contributed by atoms with Gasteiger partial charge < -0.3 is 10.4 Å². The van der Waals surface area contributed by atoms with Gasteiger partial charge in [-0.25, -0.2) is 8.42 Å². The van der Waals surface area contributed by atoms with Crippen LogP contribution in [0.5, 0.6) is 0 Å². The molecule has 6 nitrogen and oxygen atoms in total. The zero-order chi connectivity index (χ0) is 17.7. The Hall–Kier alpha value is -1.90. The first-order valence-electron chi connectivity index (χ1n) is 7.12. The SMILES string of the molecule is C[C@@H](CO)NC(=O)c1cccc(NS(=O)(=O)c2ccc(Br)cc2)c1. The minimum Gasteiger partial charge on any atom is -0.394 e. The summed E-state index contributed by atoms with van der Waals surface area (Å²) in [5.74, 6) is -0.388. The van der Waals surface area contributed by atoms with Crippen LogP contribution in [0.15, 0.2) is 57.9 Å². The number of anilines is 1. The van der Waals surface area contributed by atoms with E-state index >= 15 is 0 Å². The molecule has 1 amide bonds. The minimum atomic E-state index is -3.74. The van der Waals surface area contributed by atoms with E-state index in [2.05, 4.69) is 26.0 Å². The van der Waals surface area contributed by atoms with Gasteiger partial charge in [-0.15, -0.1) is 0 Å². The number of hydrogen-bond acceptors (Lipinski definition) is 4. The Morgan fingerprint density at radius 3 is 2.50 bits per heavy atom. The van der Waals surface area contributed by atoms with Gasteiger partial charge in [-0.3, -0.25) is 9.52 Å². The van der Waals surface area contributed by atoms with Crippen molar-refractivity contribution in [1.82, 2.24) is 5.32 Å². The normalized spacial score (nSPS) is 12.5. The summed E-state index contributed by atoms with van der Waals surface area (Å²) in [6.07, 6.45) is 0. The molecule has 0 radical (unpaired) electrons. The molecule has 128 valence electrons. The van der Waals surface area contributed by atoms with Crippen LogP contribution in [-0.2, 0) is 10.0 Å². The second kappa shape index (κ2) is 7.78. The number of nitrogens with one attached hydrogen (secondary N) is 2. The number of benzene rings is 2. The fourth-order valence-electron chi connectivity index (χ4n) is 1.90. The summed E-state index contributed by atoms with van der Waals surface area (Å²) in [4.78, 5) is 12.2. The monoisotopic (exact) mass is 412 g/mol. The summed E-state index contributed by atoms with van der Waals surface area (Å²) in [5.41, 5.74) is 0.577. The van der Waals surface area contributed by atoms with Crippen LogP contribution in [0.4, 0.5) is 5.69 Å². The van der Waals surface area contributed by atoms with Crippen molar-refractivity contribution < 1.29 is 18.3 Å². The lowest BCUT2D eigenvalue weighted by molar-refractivity contribution is 0.0922. The fourth-order valence-corrected chi connectivity index (χ4v) is 3.22. The highest BCUT2D eigenvalue weighted by Gasteiger charge is 2.15. The summed E-state index contributed by atoms with van der Waals surface area (Å²) < 4.78 is 27.9. The maximum Gasteiger partial charge on any atom is 0.261 e. The highest BCUT2D eigenvalue weighted by molar-refractivity contribution is 9.10. The average Bonchev–Trinajstić information content (AvgIpc) is 2.55. The highest BCUT2D eigenvalue weighted by atomic mass is 79.9. The fraction of sp³-hybridized carbons (Fsp3) is 0.188. The van der Waals surface area contributed by atoms with Crippen molar-refractivity contribution >= 4 is 37.5 Å². The Morgan fingerprint density at radius 2 is 1.88 bits per heavy atom. The molecule has 0 saturated heterocycles. The first-order chi connectivity index (χ1) is 11.3. The van der Waals surface area contributed by atoms with Crippen LogP contribution in [0.2, 0.25) is 0 Å². The van der Waals surface area contributed by atoms with Crippen molar-refractivity contribution in [2.24, 2.45) is 0 Å². The lowest BCUT2D eigenvalue weighted by atomic mass is 10.2. The molecule has 0 heterocycles. The highest BCUT2D eigenvalue weighted by Crippen LogP contribution is 2.19. The van der Waals surface area contributed by atoms with Gasteiger partial charge in [-0.1, -0.05) is 22.0 Å². The lowest BCUT2D eigenvalue weighted by Gasteiger charge is -2.12. The zero-order valence-corrected chi connectivity index (χ0v) is 15.3. The summed E-state index contributed by atoms with van der Waals surface area (Å²) in [6.45, 7) is 1.49. The van der Waals surface area contributed by atoms with Crippen molar-refractivity contribution in [2.75, 3.05) is 11.3 Å².